The van der Waals surface area contributed by atoms with Crippen LogP contribution in [0.15, 0.2) is 12.2 Å². The van der Waals surface area contributed by atoms with Gasteiger partial charge in [0.25, 0.3) is 11.8 Å². The predicted octanol–water partition coefficient (Wildman–Crippen LogP) is 0.962. The Balaban J connectivity index is 2.25. The molecule has 0 aromatic carbocycles. The Bertz CT molecular complexity index is 374. The van der Waals surface area contributed by atoms with E-state index < -0.39 is 0 Å². The summed E-state index contributed by atoms with van der Waals surface area (Å²) in [6.07, 6.45) is 9.50. The second kappa shape index (κ2) is 10.5. The Morgan fingerprint density at radius 2 is 1.43 bits per heavy atom. The summed E-state index contributed by atoms with van der Waals surface area (Å²) in [5.74, 6) is -0.439. The molecule has 0 unspecified atom stereocenters. The van der Waals surface area contributed by atoms with Gasteiger partial charge in [-0.1, -0.05) is 19.3 Å². The van der Waals surface area contributed by atoms with Gasteiger partial charge in [-0.3, -0.25) is 14.5 Å². The molecule has 0 saturated carbocycles. The zero-order valence-electron chi connectivity index (χ0n) is 13.9. The van der Waals surface area contributed by atoms with E-state index in [9.17, 15) is 19.8 Å². The van der Waals surface area contributed by atoms with Gasteiger partial charge in [-0.25, -0.2) is 0 Å². The molecule has 23 heavy (non-hydrogen) atoms. The molecular weight excluding hydrogens is 296 g/mol. The van der Waals surface area contributed by atoms with Crippen LogP contribution in [0.1, 0.15) is 51.4 Å². The van der Waals surface area contributed by atoms with Gasteiger partial charge in [-0.05, 0) is 44.1 Å². The minimum atomic E-state index is -0.220. The molecule has 1 heterocycles. The lowest BCUT2D eigenvalue weighted by molar-refractivity contribution is -0.136. The largest absolute Gasteiger partial charge is 0.396 e. The number of nitrogens with two attached hydrogens (primary N) is 1. The maximum atomic E-state index is 11.4. The van der Waals surface area contributed by atoms with Crippen LogP contribution < -0.4 is 5.73 Å². The quantitative estimate of drug-likeness (QED) is 0.345. The van der Waals surface area contributed by atoms with Gasteiger partial charge in [-0.2, -0.15) is 0 Å². The van der Waals surface area contributed by atoms with Crippen LogP contribution in [0, 0.1) is 5.41 Å². The fraction of sp³-hybridized carbons (Fsp3) is 0.765. The summed E-state index contributed by atoms with van der Waals surface area (Å²) in [5.41, 5.74) is 5.62. The number of amides is 2. The van der Waals surface area contributed by atoms with Crippen LogP contribution in [0.3, 0.4) is 0 Å². The molecule has 1 rings (SSSR count). The van der Waals surface area contributed by atoms with E-state index >= 15 is 0 Å². The molecule has 6 nitrogen and oxygen atoms in total. The monoisotopic (exact) mass is 326 g/mol. The maximum absolute atomic E-state index is 11.4. The number of unbranched alkanes of at least 4 members (excludes halogenated alkanes) is 3. The Kier molecular flexibility index (Phi) is 9.06. The molecule has 2 amide bonds. The third-order valence-corrected chi connectivity index (χ3v) is 4.70. The summed E-state index contributed by atoms with van der Waals surface area (Å²) < 4.78 is 0. The Morgan fingerprint density at radius 3 is 1.96 bits per heavy atom. The summed E-state index contributed by atoms with van der Waals surface area (Å²) in [7, 11) is 0. The Labute approximate surface area is 138 Å². The van der Waals surface area contributed by atoms with E-state index in [0.29, 0.717) is 25.9 Å². The summed E-state index contributed by atoms with van der Waals surface area (Å²) in [6.45, 7) is 1.27. The minimum absolute atomic E-state index is 0.0664. The molecule has 0 atom stereocenters. The van der Waals surface area contributed by atoms with Crippen LogP contribution >= 0.6 is 0 Å². The van der Waals surface area contributed by atoms with Crippen molar-refractivity contribution in [2.45, 2.75) is 51.4 Å². The Morgan fingerprint density at radius 1 is 0.870 bits per heavy atom. The maximum Gasteiger partial charge on any atom is 0.253 e. The number of imide groups is 1. The smallest absolute Gasteiger partial charge is 0.253 e. The van der Waals surface area contributed by atoms with Crippen molar-refractivity contribution in [3.05, 3.63) is 12.2 Å². The number of rotatable bonds is 13. The van der Waals surface area contributed by atoms with Crippen molar-refractivity contribution in [2.24, 2.45) is 11.1 Å². The Hall–Kier alpha value is -1.24. The minimum Gasteiger partial charge on any atom is -0.396 e. The molecule has 0 aromatic rings. The van der Waals surface area contributed by atoms with Gasteiger partial charge in [0.2, 0.25) is 0 Å². The van der Waals surface area contributed by atoms with Crippen molar-refractivity contribution in [3.63, 3.8) is 0 Å². The highest BCUT2D eigenvalue weighted by Gasteiger charge is 2.27. The lowest BCUT2D eigenvalue weighted by atomic mass is 9.74. The van der Waals surface area contributed by atoms with Gasteiger partial charge in [0, 0.05) is 31.9 Å². The number of carbonyl (C=O) groups excluding carboxylic acids is 2. The van der Waals surface area contributed by atoms with E-state index in [1.165, 1.54) is 17.1 Å². The molecular formula is C17H30N2O4. The van der Waals surface area contributed by atoms with E-state index in [4.69, 9.17) is 5.73 Å². The van der Waals surface area contributed by atoms with Gasteiger partial charge in [0.05, 0.1) is 0 Å². The third kappa shape index (κ3) is 6.41. The summed E-state index contributed by atoms with van der Waals surface area (Å²) in [5, 5.41) is 18.5. The summed E-state index contributed by atoms with van der Waals surface area (Å²) in [4.78, 5) is 24.1. The number of hydrogen-bond acceptors (Lipinski definition) is 5. The van der Waals surface area contributed by atoms with Gasteiger partial charge in [0.15, 0.2) is 0 Å². The zero-order chi connectivity index (χ0) is 17.1. The van der Waals surface area contributed by atoms with Crippen LogP contribution in [-0.4, -0.2) is 53.2 Å². The topological polar surface area (TPSA) is 104 Å². The fourth-order valence-corrected chi connectivity index (χ4v) is 3.31. The standard InChI is InChI=1S/C17H30N2O4/c18-11-8-17(9-13-20,10-14-21)7-3-1-2-4-12-19-15(22)5-6-16(19)23/h5-6,20-21H,1-4,7-14,18H2. The molecule has 6 heteroatoms. The molecule has 4 N–H and O–H groups in total. The molecule has 132 valence electrons. The predicted molar refractivity (Wildman–Crippen MR) is 88.5 cm³/mol. The van der Waals surface area contributed by atoms with Crippen molar-refractivity contribution in [1.82, 2.24) is 4.90 Å². The number of hydrogen-bond donors (Lipinski definition) is 3. The molecule has 0 radical (unpaired) electrons. The van der Waals surface area contributed by atoms with Crippen molar-refractivity contribution in [1.29, 1.82) is 0 Å². The highest BCUT2D eigenvalue weighted by molar-refractivity contribution is 6.12. The lowest BCUT2D eigenvalue weighted by Gasteiger charge is -2.33. The molecule has 0 aliphatic carbocycles. The van der Waals surface area contributed by atoms with Gasteiger partial charge < -0.3 is 15.9 Å². The van der Waals surface area contributed by atoms with Gasteiger partial charge in [0.1, 0.15) is 0 Å². The zero-order valence-corrected chi connectivity index (χ0v) is 13.9. The average Bonchev–Trinajstić information content (AvgIpc) is 2.83. The first-order valence-corrected chi connectivity index (χ1v) is 8.54. The molecule has 0 fully saturated rings. The molecule has 0 spiro atoms. The van der Waals surface area contributed by atoms with E-state index in [2.05, 4.69) is 0 Å². The van der Waals surface area contributed by atoms with Crippen LogP contribution in [-0.2, 0) is 9.59 Å². The molecule has 0 saturated heterocycles. The van der Waals surface area contributed by atoms with E-state index in [-0.39, 0.29) is 30.4 Å². The van der Waals surface area contributed by atoms with Crippen LogP contribution in [0.25, 0.3) is 0 Å². The second-order valence-corrected chi connectivity index (χ2v) is 6.31. The summed E-state index contributed by atoms with van der Waals surface area (Å²) >= 11 is 0. The third-order valence-electron chi connectivity index (χ3n) is 4.70. The molecule has 0 bridgehead atoms. The van der Waals surface area contributed by atoms with Crippen molar-refractivity contribution >= 4 is 11.8 Å². The number of nitrogens with zero attached hydrogens (tertiary/aromatic N) is 1. The number of aliphatic hydroxyl groups excluding tert-OH is 2. The normalized spacial score (nSPS) is 15.0. The van der Waals surface area contributed by atoms with E-state index in [1.807, 2.05) is 0 Å². The number of aliphatic hydroxyl groups is 2. The first kappa shape index (κ1) is 19.8. The highest BCUT2D eigenvalue weighted by atomic mass is 16.3. The molecule has 1 aliphatic rings. The first-order valence-electron chi connectivity index (χ1n) is 8.54. The fourth-order valence-electron chi connectivity index (χ4n) is 3.31. The van der Waals surface area contributed by atoms with Crippen molar-refractivity contribution in [2.75, 3.05) is 26.3 Å². The van der Waals surface area contributed by atoms with E-state index in [1.54, 1.807) is 0 Å². The highest BCUT2D eigenvalue weighted by Crippen LogP contribution is 2.36. The lowest BCUT2D eigenvalue weighted by Crippen LogP contribution is -2.30. The van der Waals surface area contributed by atoms with Gasteiger partial charge >= 0.3 is 0 Å². The van der Waals surface area contributed by atoms with E-state index in [0.717, 1.165) is 38.5 Å². The van der Waals surface area contributed by atoms with Crippen LogP contribution in [0.2, 0.25) is 0 Å². The second-order valence-electron chi connectivity index (χ2n) is 6.31. The van der Waals surface area contributed by atoms with Crippen molar-refractivity contribution in [3.8, 4) is 0 Å². The van der Waals surface area contributed by atoms with Crippen LogP contribution in [0.5, 0.6) is 0 Å². The molecule has 0 aromatic heterocycles. The molecule has 1 aliphatic heterocycles. The number of carbonyl (C=O) groups is 2. The summed E-state index contributed by atoms with van der Waals surface area (Å²) in [6, 6.07) is 0. The SMILES string of the molecule is NCCC(CCO)(CCO)CCCCCCN1C(=O)C=CC1=O. The van der Waals surface area contributed by atoms with Crippen molar-refractivity contribution < 1.29 is 19.8 Å². The average molecular weight is 326 g/mol. The van der Waals surface area contributed by atoms with Gasteiger partial charge in [-0.15, -0.1) is 0 Å². The first-order chi connectivity index (χ1) is 11.1. The van der Waals surface area contributed by atoms with Crippen LogP contribution in [0.4, 0.5) is 0 Å².